The first-order valence-electron chi connectivity index (χ1n) is 7.70. The molecule has 1 aliphatic heterocycles. The molecule has 0 bridgehead atoms. The second-order valence-electron chi connectivity index (χ2n) is 5.97. The van der Waals surface area contributed by atoms with Crippen molar-refractivity contribution in [1.29, 1.82) is 0 Å². The number of amides is 2. The van der Waals surface area contributed by atoms with Crippen LogP contribution >= 0.6 is 0 Å². The first kappa shape index (κ1) is 17.0. The first-order chi connectivity index (χ1) is 11.9. The maximum Gasteiger partial charge on any atom is 0.254 e. The number of rotatable bonds is 3. The Balaban J connectivity index is 1.96. The normalized spacial score (nSPS) is 19.9. The Morgan fingerprint density at radius 1 is 1.12 bits per heavy atom. The molecule has 3 N–H and O–H groups in total. The number of carbonyl (C=O) groups is 2. The molecule has 3 rings (SSSR count). The van der Waals surface area contributed by atoms with Gasteiger partial charge in [0.1, 0.15) is 11.6 Å². The number of hydrogen-bond acceptors (Lipinski definition) is 3. The zero-order valence-electron chi connectivity index (χ0n) is 13.2. The summed E-state index contributed by atoms with van der Waals surface area (Å²) in [5.74, 6) is -2.44. The van der Waals surface area contributed by atoms with Crippen LogP contribution in [-0.4, -0.2) is 34.5 Å². The smallest absolute Gasteiger partial charge is 0.254 e. The van der Waals surface area contributed by atoms with Crippen molar-refractivity contribution in [2.75, 3.05) is 6.54 Å². The van der Waals surface area contributed by atoms with Gasteiger partial charge in [-0.15, -0.1) is 0 Å². The predicted octanol–water partition coefficient (Wildman–Crippen LogP) is 2.01. The van der Waals surface area contributed by atoms with Crippen molar-refractivity contribution in [1.82, 2.24) is 4.90 Å². The number of likely N-dealkylation sites (tertiary alicyclic amines) is 1. The number of halogens is 2. The molecule has 2 aromatic carbocycles. The van der Waals surface area contributed by atoms with Crippen LogP contribution in [0.1, 0.15) is 38.7 Å². The number of hydrogen-bond donors (Lipinski definition) is 2. The lowest BCUT2D eigenvalue weighted by atomic mass is 10.0. The summed E-state index contributed by atoms with van der Waals surface area (Å²) in [4.78, 5) is 25.4. The van der Waals surface area contributed by atoms with Gasteiger partial charge in [0, 0.05) is 23.2 Å². The highest BCUT2D eigenvalue weighted by Gasteiger charge is 2.37. The van der Waals surface area contributed by atoms with Gasteiger partial charge in [-0.25, -0.2) is 8.78 Å². The minimum Gasteiger partial charge on any atom is -0.391 e. The third kappa shape index (κ3) is 3.36. The number of carbonyl (C=O) groups excluding carboxylic acids is 2. The molecule has 0 radical (unpaired) electrons. The summed E-state index contributed by atoms with van der Waals surface area (Å²) in [6.07, 6.45) is -0.752. The minimum absolute atomic E-state index is 0.0101. The molecule has 7 heteroatoms. The Bertz CT molecular complexity index is 841. The van der Waals surface area contributed by atoms with E-state index >= 15 is 0 Å². The monoisotopic (exact) mass is 346 g/mol. The van der Waals surface area contributed by atoms with E-state index in [9.17, 15) is 23.5 Å². The summed E-state index contributed by atoms with van der Waals surface area (Å²) < 4.78 is 27.6. The molecule has 0 aromatic heterocycles. The van der Waals surface area contributed by atoms with Gasteiger partial charge in [-0.2, -0.15) is 0 Å². The Hall–Kier alpha value is -2.80. The average molecular weight is 346 g/mol. The van der Waals surface area contributed by atoms with Gasteiger partial charge in [0.05, 0.1) is 12.1 Å². The van der Waals surface area contributed by atoms with Crippen LogP contribution in [0, 0.1) is 11.6 Å². The molecule has 1 heterocycles. The third-order valence-corrected chi connectivity index (χ3v) is 4.25. The topological polar surface area (TPSA) is 83.6 Å². The van der Waals surface area contributed by atoms with E-state index in [-0.39, 0.29) is 29.7 Å². The highest BCUT2D eigenvalue weighted by atomic mass is 19.1. The molecule has 5 nitrogen and oxygen atoms in total. The van der Waals surface area contributed by atoms with Crippen LogP contribution in [0.5, 0.6) is 0 Å². The molecule has 0 aliphatic carbocycles. The van der Waals surface area contributed by atoms with E-state index in [4.69, 9.17) is 5.73 Å². The fraction of sp³-hybridized carbons (Fsp3) is 0.222. The van der Waals surface area contributed by atoms with Gasteiger partial charge >= 0.3 is 0 Å². The fourth-order valence-corrected chi connectivity index (χ4v) is 3.07. The molecular formula is C18H16F2N2O3. The standard InChI is InChI=1S/C18H16F2N2O3/c19-12-4-5-15(20)14(7-12)16-8-13(23)9-22(16)18(25)11-3-1-2-10(6-11)17(21)24/h1-7,13,16,23H,8-9H2,(H2,21,24). The SMILES string of the molecule is NC(=O)c1cccc(C(=O)N2CC(O)CC2c2cc(F)ccc2F)c1. The zero-order chi connectivity index (χ0) is 18.1. The average Bonchev–Trinajstić information content (AvgIpc) is 2.98. The van der Waals surface area contributed by atoms with E-state index in [1.54, 1.807) is 0 Å². The van der Waals surface area contributed by atoms with Gasteiger partial charge in [-0.3, -0.25) is 9.59 Å². The van der Waals surface area contributed by atoms with E-state index in [0.29, 0.717) is 0 Å². The van der Waals surface area contributed by atoms with Crippen LogP contribution in [-0.2, 0) is 0 Å². The minimum atomic E-state index is -0.851. The summed E-state index contributed by atoms with van der Waals surface area (Å²) >= 11 is 0. The summed E-state index contributed by atoms with van der Waals surface area (Å²) in [7, 11) is 0. The fourth-order valence-electron chi connectivity index (χ4n) is 3.07. The van der Waals surface area contributed by atoms with Crippen molar-refractivity contribution < 1.29 is 23.5 Å². The predicted molar refractivity (Wildman–Crippen MR) is 85.7 cm³/mol. The second kappa shape index (κ2) is 6.60. The molecule has 2 atom stereocenters. The van der Waals surface area contributed by atoms with Crippen molar-refractivity contribution in [3.63, 3.8) is 0 Å². The lowest BCUT2D eigenvalue weighted by Gasteiger charge is -2.25. The van der Waals surface area contributed by atoms with Crippen LogP contribution in [0.3, 0.4) is 0 Å². The molecule has 0 spiro atoms. The van der Waals surface area contributed by atoms with Crippen molar-refractivity contribution in [3.8, 4) is 0 Å². The molecular weight excluding hydrogens is 330 g/mol. The highest BCUT2D eigenvalue weighted by molar-refractivity contribution is 5.99. The van der Waals surface area contributed by atoms with E-state index in [1.165, 1.54) is 29.2 Å². The van der Waals surface area contributed by atoms with Gasteiger partial charge < -0.3 is 15.7 Å². The van der Waals surface area contributed by atoms with Crippen molar-refractivity contribution in [2.24, 2.45) is 5.73 Å². The van der Waals surface area contributed by atoms with E-state index in [2.05, 4.69) is 0 Å². The Kier molecular flexibility index (Phi) is 4.50. The number of primary amides is 1. The van der Waals surface area contributed by atoms with Crippen LogP contribution in [0.2, 0.25) is 0 Å². The Morgan fingerprint density at radius 2 is 1.84 bits per heavy atom. The molecule has 2 unspecified atom stereocenters. The zero-order valence-corrected chi connectivity index (χ0v) is 13.2. The maximum absolute atomic E-state index is 14.1. The van der Waals surface area contributed by atoms with Crippen LogP contribution in [0.25, 0.3) is 0 Å². The molecule has 25 heavy (non-hydrogen) atoms. The van der Waals surface area contributed by atoms with Gasteiger partial charge in [0.2, 0.25) is 5.91 Å². The second-order valence-corrected chi connectivity index (χ2v) is 5.97. The van der Waals surface area contributed by atoms with Crippen LogP contribution in [0.15, 0.2) is 42.5 Å². The molecule has 1 fully saturated rings. The van der Waals surface area contributed by atoms with Crippen molar-refractivity contribution >= 4 is 11.8 Å². The Morgan fingerprint density at radius 3 is 2.56 bits per heavy atom. The van der Waals surface area contributed by atoms with Gasteiger partial charge in [-0.05, 0) is 42.8 Å². The maximum atomic E-state index is 14.1. The molecule has 130 valence electrons. The summed E-state index contributed by atoms with van der Waals surface area (Å²) in [6, 6.07) is 8.04. The van der Waals surface area contributed by atoms with E-state index in [1.807, 2.05) is 0 Å². The number of aliphatic hydroxyl groups is 1. The number of nitrogens with two attached hydrogens (primary N) is 1. The van der Waals surface area contributed by atoms with Crippen molar-refractivity contribution in [3.05, 3.63) is 70.8 Å². The van der Waals surface area contributed by atoms with Gasteiger partial charge in [0.15, 0.2) is 0 Å². The quantitative estimate of drug-likeness (QED) is 0.892. The number of β-amino-alcohol motifs (C(OH)–C–C–N with tert-alkyl or cyclic N) is 1. The molecule has 2 aromatic rings. The van der Waals surface area contributed by atoms with E-state index in [0.717, 1.165) is 18.2 Å². The first-order valence-corrected chi connectivity index (χ1v) is 7.70. The number of aliphatic hydroxyl groups excluding tert-OH is 1. The highest BCUT2D eigenvalue weighted by Crippen LogP contribution is 2.35. The largest absolute Gasteiger partial charge is 0.391 e. The summed E-state index contributed by atoms with van der Waals surface area (Å²) in [5.41, 5.74) is 5.58. The third-order valence-electron chi connectivity index (χ3n) is 4.25. The molecule has 1 aliphatic rings. The van der Waals surface area contributed by atoms with Crippen LogP contribution < -0.4 is 5.73 Å². The summed E-state index contributed by atoms with van der Waals surface area (Å²) in [6.45, 7) is -0.0136. The molecule has 0 saturated carbocycles. The van der Waals surface area contributed by atoms with Gasteiger partial charge in [0.25, 0.3) is 5.91 Å². The summed E-state index contributed by atoms with van der Waals surface area (Å²) in [5, 5.41) is 9.95. The molecule has 1 saturated heterocycles. The van der Waals surface area contributed by atoms with Crippen molar-refractivity contribution in [2.45, 2.75) is 18.6 Å². The number of benzene rings is 2. The van der Waals surface area contributed by atoms with Gasteiger partial charge in [-0.1, -0.05) is 6.07 Å². The Labute approximate surface area is 142 Å². The lowest BCUT2D eigenvalue weighted by Crippen LogP contribution is -2.32. The number of nitrogens with zero attached hydrogens (tertiary/aromatic N) is 1. The van der Waals surface area contributed by atoms with E-state index < -0.39 is 35.6 Å². The molecule has 2 amide bonds. The van der Waals surface area contributed by atoms with Crippen LogP contribution in [0.4, 0.5) is 8.78 Å². The lowest BCUT2D eigenvalue weighted by molar-refractivity contribution is 0.0713.